The molecule has 2 aliphatic rings. The topological polar surface area (TPSA) is 95.9 Å². The molecule has 1 amide bonds. The molecule has 4 heterocycles. The summed E-state index contributed by atoms with van der Waals surface area (Å²) in [6.45, 7) is 13.7. The molecule has 1 N–H and O–H groups in total. The number of amides is 1. The minimum atomic E-state index is -0.496. The van der Waals surface area contributed by atoms with Crippen LogP contribution in [0.5, 0.6) is 5.88 Å². The van der Waals surface area contributed by atoms with Crippen molar-refractivity contribution in [2.24, 2.45) is 18.9 Å². The van der Waals surface area contributed by atoms with Gasteiger partial charge in [-0.15, -0.1) is 0 Å². The molecule has 0 saturated carbocycles. The lowest BCUT2D eigenvalue weighted by atomic mass is 9.86. The Labute approximate surface area is 275 Å². The van der Waals surface area contributed by atoms with Crippen molar-refractivity contribution in [1.82, 2.24) is 24.6 Å². The third kappa shape index (κ3) is 7.45. The van der Waals surface area contributed by atoms with Crippen LogP contribution in [0.15, 0.2) is 59.4 Å². The van der Waals surface area contributed by atoms with E-state index in [2.05, 4.69) is 26.8 Å². The smallest absolute Gasteiger partial charge is 0.410 e. The number of halogens is 1. The van der Waals surface area contributed by atoms with E-state index in [1.54, 1.807) is 16.8 Å². The Bertz CT molecular complexity index is 1770. The molecular formula is C36H45FN6O4. The molecule has 0 unspecified atom stereocenters. The first-order chi connectivity index (χ1) is 22.4. The van der Waals surface area contributed by atoms with Gasteiger partial charge in [0.05, 0.1) is 16.8 Å². The van der Waals surface area contributed by atoms with Crippen LogP contribution in [0.4, 0.5) is 14.9 Å². The van der Waals surface area contributed by atoms with Crippen molar-refractivity contribution in [3.63, 3.8) is 0 Å². The maximum absolute atomic E-state index is 15.7. The molecule has 47 heavy (non-hydrogen) atoms. The second-order valence-corrected chi connectivity index (χ2v) is 13.9. The summed E-state index contributed by atoms with van der Waals surface area (Å²) in [6, 6.07) is 16.4. The van der Waals surface area contributed by atoms with Gasteiger partial charge in [0, 0.05) is 58.2 Å². The zero-order chi connectivity index (χ0) is 33.3. The van der Waals surface area contributed by atoms with Crippen LogP contribution in [-0.2, 0) is 18.4 Å². The normalized spacial score (nSPS) is 19.3. The van der Waals surface area contributed by atoms with Crippen LogP contribution in [0.2, 0.25) is 0 Å². The second kappa shape index (κ2) is 13.4. The minimum Gasteiger partial charge on any atom is -0.474 e. The number of piperidine rings is 1. The van der Waals surface area contributed by atoms with E-state index in [9.17, 15) is 9.59 Å². The molecule has 250 valence electrons. The van der Waals surface area contributed by atoms with E-state index in [-0.39, 0.29) is 17.5 Å². The predicted molar refractivity (Wildman–Crippen MR) is 181 cm³/mol. The SMILES string of the molecule is C[C@@H]1CN(C(=O)OC(C)(C)C)CC[C@@H]1CN1CCN(c2cc3c(cc2F)c(-c2ccc(OCc4ccccc4)[nH]c2=O)nn3C)CC1. The van der Waals surface area contributed by atoms with Crippen LogP contribution in [0.25, 0.3) is 22.2 Å². The number of carbonyl (C=O) groups is 1. The van der Waals surface area contributed by atoms with Gasteiger partial charge in [0.2, 0.25) is 0 Å². The molecule has 2 saturated heterocycles. The highest BCUT2D eigenvalue weighted by atomic mass is 19.1. The number of anilines is 1. The fraction of sp³-hybridized carbons (Fsp3) is 0.472. The Hall–Kier alpha value is -4.38. The number of nitrogens with one attached hydrogen (secondary N) is 1. The zero-order valence-corrected chi connectivity index (χ0v) is 28.0. The summed E-state index contributed by atoms with van der Waals surface area (Å²) in [5.74, 6) is 0.894. The maximum Gasteiger partial charge on any atom is 0.410 e. The maximum atomic E-state index is 15.7. The molecule has 2 fully saturated rings. The first-order valence-corrected chi connectivity index (χ1v) is 16.5. The summed E-state index contributed by atoms with van der Waals surface area (Å²) in [6.07, 6.45) is 0.714. The van der Waals surface area contributed by atoms with Gasteiger partial charge in [-0.1, -0.05) is 37.3 Å². The Balaban J connectivity index is 1.08. The Morgan fingerprint density at radius 2 is 1.79 bits per heavy atom. The molecule has 2 aromatic heterocycles. The lowest BCUT2D eigenvalue weighted by Gasteiger charge is -2.42. The molecule has 0 bridgehead atoms. The highest BCUT2D eigenvalue weighted by Gasteiger charge is 2.33. The molecule has 4 aromatic rings. The summed E-state index contributed by atoms with van der Waals surface area (Å²) in [7, 11) is 1.81. The average Bonchev–Trinajstić information content (AvgIpc) is 3.35. The standard InChI is InChI=1S/C36H45FN6O4/c1-24-21-43(35(45)47-36(2,3)4)14-13-26(24)22-41-15-17-42(18-16-41)31-20-30-28(19-29(31)37)33(39-40(30)5)27-11-12-32(38-34(27)44)46-23-25-9-7-6-8-10-25/h6-12,19-20,24,26H,13-18,21-23H2,1-5H3,(H,38,44)/t24-,26-/m1/s1. The quantitative estimate of drug-likeness (QED) is 0.277. The second-order valence-electron chi connectivity index (χ2n) is 13.9. The van der Waals surface area contributed by atoms with Gasteiger partial charge in [0.1, 0.15) is 23.7 Å². The average molecular weight is 645 g/mol. The van der Waals surface area contributed by atoms with E-state index >= 15 is 4.39 Å². The molecule has 6 rings (SSSR count). The Morgan fingerprint density at radius 3 is 2.47 bits per heavy atom. The Morgan fingerprint density at radius 1 is 1.04 bits per heavy atom. The first-order valence-electron chi connectivity index (χ1n) is 16.5. The highest BCUT2D eigenvalue weighted by Crippen LogP contribution is 2.33. The summed E-state index contributed by atoms with van der Waals surface area (Å²) < 4.78 is 28.8. The van der Waals surface area contributed by atoms with E-state index in [4.69, 9.17) is 9.47 Å². The molecule has 2 atom stereocenters. The minimum absolute atomic E-state index is 0.232. The number of fused-ring (bicyclic) bond motifs is 1. The molecule has 0 aliphatic carbocycles. The van der Waals surface area contributed by atoms with Gasteiger partial charge in [-0.05, 0) is 68.9 Å². The summed E-state index contributed by atoms with van der Waals surface area (Å²) in [4.78, 5) is 34.8. The van der Waals surface area contributed by atoms with Crippen molar-refractivity contribution in [3.8, 4) is 17.1 Å². The number of hydrogen-bond acceptors (Lipinski definition) is 7. The van der Waals surface area contributed by atoms with Crippen molar-refractivity contribution < 1.29 is 18.7 Å². The number of likely N-dealkylation sites (tertiary alicyclic amines) is 1. The number of pyridine rings is 1. The lowest BCUT2D eigenvalue weighted by molar-refractivity contribution is 0.00880. The van der Waals surface area contributed by atoms with Crippen LogP contribution in [0, 0.1) is 17.7 Å². The van der Waals surface area contributed by atoms with Gasteiger partial charge >= 0.3 is 6.09 Å². The monoisotopic (exact) mass is 644 g/mol. The molecule has 2 aliphatic heterocycles. The largest absolute Gasteiger partial charge is 0.474 e. The fourth-order valence-corrected chi connectivity index (χ4v) is 6.63. The number of H-pyrrole nitrogens is 1. The van der Waals surface area contributed by atoms with Crippen LogP contribution in [0.3, 0.4) is 0 Å². The van der Waals surface area contributed by atoms with Crippen molar-refractivity contribution >= 4 is 22.7 Å². The summed E-state index contributed by atoms with van der Waals surface area (Å²) in [5, 5.41) is 5.20. The number of aryl methyl sites for hydroxylation is 1. The van der Waals surface area contributed by atoms with Gasteiger partial charge in [-0.2, -0.15) is 5.10 Å². The number of carbonyl (C=O) groups excluding carboxylic acids is 1. The van der Waals surface area contributed by atoms with E-state index < -0.39 is 5.60 Å². The molecule has 0 spiro atoms. The highest BCUT2D eigenvalue weighted by molar-refractivity contribution is 5.95. The number of benzene rings is 2. The van der Waals surface area contributed by atoms with Crippen molar-refractivity contribution in [3.05, 3.63) is 76.3 Å². The van der Waals surface area contributed by atoms with Gasteiger partial charge in [0.25, 0.3) is 5.56 Å². The number of aromatic amines is 1. The number of ether oxygens (including phenoxy) is 2. The molecule has 0 radical (unpaired) electrons. The number of piperazine rings is 1. The van der Waals surface area contributed by atoms with Gasteiger partial charge in [-0.25, -0.2) is 9.18 Å². The van der Waals surface area contributed by atoms with Crippen molar-refractivity contribution in [2.75, 3.05) is 50.7 Å². The molecule has 11 heteroatoms. The molecular weight excluding hydrogens is 599 g/mol. The Kier molecular flexibility index (Phi) is 9.27. The summed E-state index contributed by atoms with van der Waals surface area (Å²) in [5.41, 5.74) is 2.24. The van der Waals surface area contributed by atoms with Gasteiger partial charge in [-0.3, -0.25) is 19.4 Å². The van der Waals surface area contributed by atoms with Crippen molar-refractivity contribution in [1.29, 1.82) is 0 Å². The predicted octanol–water partition coefficient (Wildman–Crippen LogP) is 5.66. The van der Waals surface area contributed by atoms with E-state index in [0.717, 1.165) is 37.1 Å². The number of nitrogens with zero attached hydrogens (tertiary/aromatic N) is 5. The number of hydrogen-bond donors (Lipinski definition) is 1. The van der Waals surface area contributed by atoms with Gasteiger partial charge in [0.15, 0.2) is 5.88 Å². The summed E-state index contributed by atoms with van der Waals surface area (Å²) >= 11 is 0. The van der Waals surface area contributed by atoms with Crippen LogP contribution < -0.4 is 15.2 Å². The van der Waals surface area contributed by atoms with E-state index in [1.165, 1.54) is 6.07 Å². The number of rotatable bonds is 7. The van der Waals surface area contributed by atoms with Crippen LogP contribution >= 0.6 is 0 Å². The van der Waals surface area contributed by atoms with Crippen LogP contribution in [0.1, 0.15) is 39.7 Å². The third-order valence-electron chi connectivity index (χ3n) is 9.23. The number of aromatic nitrogens is 3. The van der Waals surface area contributed by atoms with Crippen LogP contribution in [-0.4, -0.2) is 82.1 Å². The van der Waals surface area contributed by atoms with Gasteiger partial charge < -0.3 is 19.3 Å². The fourth-order valence-electron chi connectivity index (χ4n) is 6.63. The molecule has 2 aromatic carbocycles. The third-order valence-corrected chi connectivity index (χ3v) is 9.23. The van der Waals surface area contributed by atoms with Crippen molar-refractivity contribution in [2.45, 2.75) is 46.3 Å². The van der Waals surface area contributed by atoms with E-state index in [1.807, 2.05) is 69.1 Å². The zero-order valence-electron chi connectivity index (χ0n) is 28.0. The first kappa shape index (κ1) is 32.6. The molecule has 10 nitrogen and oxygen atoms in total. The van der Waals surface area contributed by atoms with E-state index in [0.29, 0.717) is 72.8 Å². The lowest BCUT2D eigenvalue weighted by Crippen LogP contribution is -2.51.